The summed E-state index contributed by atoms with van der Waals surface area (Å²) >= 11 is 0. The van der Waals surface area contributed by atoms with Crippen LogP contribution in [0.1, 0.15) is 18.5 Å². The van der Waals surface area contributed by atoms with Gasteiger partial charge in [0, 0.05) is 38.6 Å². The van der Waals surface area contributed by atoms with Crippen molar-refractivity contribution in [3.63, 3.8) is 0 Å². The largest absolute Gasteiger partial charge is 0.481 e. The van der Waals surface area contributed by atoms with Gasteiger partial charge in [-0.05, 0) is 31.9 Å². The van der Waals surface area contributed by atoms with Crippen molar-refractivity contribution in [2.75, 3.05) is 37.6 Å². The first kappa shape index (κ1) is 15.9. The van der Waals surface area contributed by atoms with Crippen LogP contribution in [0, 0.1) is 18.3 Å². The summed E-state index contributed by atoms with van der Waals surface area (Å²) in [5.74, 6) is 0.287. The minimum absolute atomic E-state index is 0.102. The maximum absolute atomic E-state index is 12.0. The Kier molecular flexibility index (Phi) is 4.35. The quantitative estimate of drug-likeness (QED) is 0.851. The molecule has 2 saturated heterocycles. The molecular formula is C17H24N4O2. The highest BCUT2D eigenvalue weighted by molar-refractivity contribution is 5.76. The zero-order valence-electron chi connectivity index (χ0n) is 13.6. The predicted molar refractivity (Wildman–Crippen MR) is 88.4 cm³/mol. The molecule has 3 rings (SSSR count). The second-order valence-electron chi connectivity index (χ2n) is 6.72. The Bertz CT molecular complexity index is 589. The van der Waals surface area contributed by atoms with Gasteiger partial charge in [0.25, 0.3) is 0 Å². The molecule has 0 aliphatic carbocycles. The fraction of sp³-hybridized carbons (Fsp3) is 0.588. The smallest absolute Gasteiger partial charge is 0.311 e. The third-order valence-corrected chi connectivity index (χ3v) is 5.18. The summed E-state index contributed by atoms with van der Waals surface area (Å²) in [6, 6.07) is 3.93. The lowest BCUT2D eigenvalue weighted by Gasteiger charge is -2.30. The predicted octanol–water partition coefficient (Wildman–Crippen LogP) is 1.57. The van der Waals surface area contributed by atoms with Gasteiger partial charge in [0.15, 0.2) is 5.82 Å². The van der Waals surface area contributed by atoms with Gasteiger partial charge in [0.1, 0.15) is 0 Å². The van der Waals surface area contributed by atoms with Crippen LogP contribution in [0.3, 0.4) is 0 Å². The summed E-state index contributed by atoms with van der Waals surface area (Å²) in [5.41, 5.74) is 0.247. The Labute approximate surface area is 136 Å². The summed E-state index contributed by atoms with van der Waals surface area (Å²) in [6.07, 6.45) is 3.43. The molecule has 0 spiro atoms. The van der Waals surface area contributed by atoms with Gasteiger partial charge in [-0.3, -0.25) is 9.69 Å². The molecule has 1 N–H and O–H groups in total. The number of carboxylic acids is 1. The molecule has 2 aliphatic rings. The normalized spacial score (nSPS) is 28.2. The summed E-state index contributed by atoms with van der Waals surface area (Å²) in [6.45, 7) is 9.42. The maximum atomic E-state index is 12.0. The lowest BCUT2D eigenvalue weighted by atomic mass is 9.75. The van der Waals surface area contributed by atoms with E-state index < -0.39 is 11.4 Å². The number of aliphatic carboxylic acids is 1. The minimum Gasteiger partial charge on any atom is -0.481 e. The average Bonchev–Trinajstić information content (AvgIpc) is 2.76. The van der Waals surface area contributed by atoms with Gasteiger partial charge in [-0.2, -0.15) is 5.10 Å². The molecule has 6 heteroatoms. The monoisotopic (exact) mass is 316 g/mol. The van der Waals surface area contributed by atoms with Crippen LogP contribution in [0.5, 0.6) is 0 Å². The molecule has 0 unspecified atom stereocenters. The average molecular weight is 316 g/mol. The van der Waals surface area contributed by atoms with Crippen molar-refractivity contribution >= 4 is 11.8 Å². The van der Waals surface area contributed by atoms with E-state index in [2.05, 4.69) is 26.6 Å². The van der Waals surface area contributed by atoms with E-state index in [-0.39, 0.29) is 5.92 Å². The van der Waals surface area contributed by atoms with Gasteiger partial charge in [-0.1, -0.05) is 6.08 Å². The van der Waals surface area contributed by atoms with E-state index in [1.54, 1.807) is 0 Å². The topological polar surface area (TPSA) is 69.6 Å². The number of carboxylic acid groups (broad SMARTS) is 1. The Balaban J connectivity index is 1.84. The van der Waals surface area contributed by atoms with Crippen molar-refractivity contribution in [1.82, 2.24) is 15.1 Å². The van der Waals surface area contributed by atoms with E-state index in [1.807, 2.05) is 25.1 Å². The molecule has 23 heavy (non-hydrogen) atoms. The zero-order chi connectivity index (χ0) is 16.4. The standard InChI is InChI=1S/C17H24N4O2/c1-3-8-20-10-14-11-21(15-6-5-13(2)18-19-15)9-4-7-17(14,12-20)16(22)23/h3,5-6,14H,1,4,7-12H2,2H3,(H,22,23)/t14-,17-/m0/s1. The van der Waals surface area contributed by atoms with Gasteiger partial charge in [0.2, 0.25) is 0 Å². The van der Waals surface area contributed by atoms with Crippen LogP contribution >= 0.6 is 0 Å². The van der Waals surface area contributed by atoms with Crippen molar-refractivity contribution in [1.29, 1.82) is 0 Å². The number of hydrogen-bond donors (Lipinski definition) is 1. The molecule has 2 aliphatic heterocycles. The number of carbonyl (C=O) groups is 1. The molecule has 124 valence electrons. The second kappa shape index (κ2) is 6.28. The molecule has 2 atom stereocenters. The lowest BCUT2D eigenvalue weighted by molar-refractivity contribution is -0.150. The van der Waals surface area contributed by atoms with Crippen LogP contribution in [0.15, 0.2) is 24.8 Å². The molecule has 1 aromatic rings. The van der Waals surface area contributed by atoms with Crippen molar-refractivity contribution in [2.24, 2.45) is 11.3 Å². The second-order valence-corrected chi connectivity index (χ2v) is 6.72. The third kappa shape index (κ3) is 2.95. The van der Waals surface area contributed by atoms with E-state index in [1.165, 1.54) is 0 Å². The molecule has 0 amide bonds. The molecule has 0 bridgehead atoms. The lowest BCUT2D eigenvalue weighted by Crippen LogP contribution is -2.41. The Morgan fingerprint density at radius 2 is 2.30 bits per heavy atom. The van der Waals surface area contributed by atoms with Crippen LogP contribution in [-0.4, -0.2) is 58.9 Å². The molecule has 0 saturated carbocycles. The van der Waals surface area contributed by atoms with Gasteiger partial charge in [-0.25, -0.2) is 0 Å². The van der Waals surface area contributed by atoms with Crippen molar-refractivity contribution < 1.29 is 9.90 Å². The van der Waals surface area contributed by atoms with E-state index in [0.717, 1.165) is 50.5 Å². The van der Waals surface area contributed by atoms with Crippen LogP contribution in [0.25, 0.3) is 0 Å². The summed E-state index contributed by atoms with van der Waals surface area (Å²) in [7, 11) is 0. The van der Waals surface area contributed by atoms with Gasteiger partial charge < -0.3 is 10.0 Å². The van der Waals surface area contributed by atoms with E-state index >= 15 is 0 Å². The van der Waals surface area contributed by atoms with Crippen molar-refractivity contribution in [3.05, 3.63) is 30.5 Å². The Morgan fingerprint density at radius 3 is 2.96 bits per heavy atom. The molecule has 2 fully saturated rings. The Morgan fingerprint density at radius 1 is 1.48 bits per heavy atom. The first-order chi connectivity index (χ1) is 11.0. The summed E-state index contributed by atoms with van der Waals surface area (Å²) < 4.78 is 0. The van der Waals surface area contributed by atoms with Gasteiger partial charge in [0.05, 0.1) is 11.1 Å². The minimum atomic E-state index is -0.661. The molecular weight excluding hydrogens is 292 g/mol. The number of anilines is 1. The fourth-order valence-electron chi connectivity index (χ4n) is 3.98. The summed E-state index contributed by atoms with van der Waals surface area (Å²) in [4.78, 5) is 16.4. The Hall–Kier alpha value is -1.95. The van der Waals surface area contributed by atoms with E-state index in [4.69, 9.17) is 0 Å². The summed E-state index contributed by atoms with van der Waals surface area (Å²) in [5, 5.41) is 18.3. The molecule has 0 radical (unpaired) electrons. The first-order valence-electron chi connectivity index (χ1n) is 8.17. The van der Waals surface area contributed by atoms with E-state index in [9.17, 15) is 9.90 Å². The number of hydrogen-bond acceptors (Lipinski definition) is 5. The maximum Gasteiger partial charge on any atom is 0.311 e. The van der Waals surface area contributed by atoms with Gasteiger partial charge in [-0.15, -0.1) is 11.7 Å². The SMILES string of the molecule is C=CCN1C[C@H]2CN(c3ccc(C)nn3)CCC[C@]2(C(=O)O)C1. The number of aromatic nitrogens is 2. The molecule has 6 nitrogen and oxygen atoms in total. The van der Waals surface area contributed by atoms with Crippen LogP contribution < -0.4 is 4.90 Å². The number of fused-ring (bicyclic) bond motifs is 1. The molecule has 3 heterocycles. The molecule has 1 aromatic heterocycles. The van der Waals surface area contributed by atoms with E-state index in [0.29, 0.717) is 6.54 Å². The van der Waals surface area contributed by atoms with Crippen LogP contribution in [0.2, 0.25) is 0 Å². The van der Waals surface area contributed by atoms with Gasteiger partial charge >= 0.3 is 5.97 Å². The fourth-order valence-corrected chi connectivity index (χ4v) is 3.98. The van der Waals surface area contributed by atoms with Crippen molar-refractivity contribution in [3.8, 4) is 0 Å². The van der Waals surface area contributed by atoms with Crippen LogP contribution in [-0.2, 0) is 4.79 Å². The highest BCUT2D eigenvalue weighted by Crippen LogP contribution is 2.43. The number of likely N-dealkylation sites (tertiary alicyclic amines) is 1. The third-order valence-electron chi connectivity index (χ3n) is 5.18. The zero-order valence-corrected chi connectivity index (χ0v) is 13.6. The first-order valence-corrected chi connectivity index (χ1v) is 8.17. The number of aryl methyl sites for hydroxylation is 1. The highest BCUT2D eigenvalue weighted by atomic mass is 16.4. The van der Waals surface area contributed by atoms with Crippen molar-refractivity contribution in [2.45, 2.75) is 19.8 Å². The number of rotatable bonds is 4. The molecule has 0 aromatic carbocycles. The number of nitrogens with zero attached hydrogens (tertiary/aromatic N) is 4. The highest BCUT2D eigenvalue weighted by Gasteiger charge is 2.53. The van der Waals surface area contributed by atoms with Crippen LogP contribution in [0.4, 0.5) is 5.82 Å².